The fourth-order valence-corrected chi connectivity index (χ4v) is 2.16. The fourth-order valence-electron chi connectivity index (χ4n) is 2.16. The first-order valence-electron chi connectivity index (χ1n) is 7.24. The summed E-state index contributed by atoms with van der Waals surface area (Å²) in [4.78, 5) is 0. The van der Waals surface area contributed by atoms with Gasteiger partial charge < -0.3 is 10.4 Å². The molecule has 0 bridgehead atoms. The smallest absolute Gasteiger partial charge is 0.0482 e. The van der Waals surface area contributed by atoms with Crippen LogP contribution in [0, 0.1) is 5.41 Å². The molecule has 0 fully saturated rings. The van der Waals surface area contributed by atoms with Crippen molar-refractivity contribution in [2.45, 2.75) is 46.0 Å². The quantitative estimate of drug-likeness (QED) is 0.705. The minimum absolute atomic E-state index is 0.0522. The second kappa shape index (κ2) is 7.06. The van der Waals surface area contributed by atoms with E-state index in [4.69, 9.17) is 0 Å². The van der Waals surface area contributed by atoms with E-state index in [1.165, 1.54) is 5.56 Å². The van der Waals surface area contributed by atoms with E-state index in [2.05, 4.69) is 63.3 Å². The average Bonchev–Trinajstić information content (AvgIpc) is 2.39. The number of hydrogen-bond acceptors (Lipinski definition) is 2. The van der Waals surface area contributed by atoms with Crippen molar-refractivity contribution in [1.82, 2.24) is 5.32 Å². The standard InChI is InChI=1S/C17H29NO/c1-16(2,14-19)11-8-12-18-13-17(3,4)15-9-6-5-7-10-15/h5-7,9-10,18-19H,8,11-14H2,1-4H3. The van der Waals surface area contributed by atoms with E-state index in [-0.39, 0.29) is 17.4 Å². The molecule has 1 aromatic rings. The molecule has 0 saturated carbocycles. The van der Waals surface area contributed by atoms with E-state index in [0.29, 0.717) is 0 Å². The molecule has 0 aliphatic rings. The monoisotopic (exact) mass is 263 g/mol. The van der Waals surface area contributed by atoms with E-state index in [1.807, 2.05) is 0 Å². The SMILES string of the molecule is CC(C)(CO)CCCNCC(C)(C)c1ccccc1. The highest BCUT2D eigenvalue weighted by Gasteiger charge is 2.20. The molecule has 0 unspecified atom stereocenters. The lowest BCUT2D eigenvalue weighted by Crippen LogP contribution is -2.33. The molecule has 0 spiro atoms. The van der Waals surface area contributed by atoms with Gasteiger partial charge in [0.25, 0.3) is 0 Å². The molecular formula is C17H29NO. The first-order valence-corrected chi connectivity index (χ1v) is 7.24. The zero-order chi connectivity index (χ0) is 14.4. The van der Waals surface area contributed by atoms with Crippen molar-refractivity contribution in [2.24, 2.45) is 5.41 Å². The van der Waals surface area contributed by atoms with Gasteiger partial charge in [0, 0.05) is 18.6 Å². The average molecular weight is 263 g/mol. The van der Waals surface area contributed by atoms with E-state index in [1.54, 1.807) is 0 Å². The molecule has 108 valence electrons. The number of nitrogens with one attached hydrogen (secondary N) is 1. The van der Waals surface area contributed by atoms with Crippen LogP contribution in [0.1, 0.15) is 46.1 Å². The summed E-state index contributed by atoms with van der Waals surface area (Å²) < 4.78 is 0. The molecule has 0 aromatic heterocycles. The third-order valence-electron chi connectivity index (χ3n) is 3.76. The first kappa shape index (κ1) is 16.2. The Hall–Kier alpha value is -0.860. The van der Waals surface area contributed by atoms with Gasteiger partial charge in [0.05, 0.1) is 0 Å². The van der Waals surface area contributed by atoms with Gasteiger partial charge in [-0.1, -0.05) is 58.0 Å². The molecule has 0 atom stereocenters. The number of hydrogen-bond donors (Lipinski definition) is 2. The molecule has 2 heteroatoms. The van der Waals surface area contributed by atoms with Gasteiger partial charge in [0.1, 0.15) is 0 Å². The highest BCUT2D eigenvalue weighted by atomic mass is 16.3. The molecule has 0 saturated heterocycles. The van der Waals surface area contributed by atoms with Crippen LogP contribution < -0.4 is 5.32 Å². The van der Waals surface area contributed by atoms with Crippen LogP contribution in [0.25, 0.3) is 0 Å². The van der Waals surface area contributed by atoms with Crippen LogP contribution in [-0.2, 0) is 5.41 Å². The predicted molar refractivity (Wildman–Crippen MR) is 82.4 cm³/mol. The molecule has 0 radical (unpaired) electrons. The topological polar surface area (TPSA) is 32.3 Å². The summed E-state index contributed by atoms with van der Waals surface area (Å²) in [5.41, 5.74) is 1.59. The largest absolute Gasteiger partial charge is 0.396 e. The molecule has 0 heterocycles. The van der Waals surface area contributed by atoms with Gasteiger partial charge in [-0.05, 0) is 30.4 Å². The lowest BCUT2D eigenvalue weighted by atomic mass is 9.84. The first-order chi connectivity index (χ1) is 8.87. The van der Waals surface area contributed by atoms with Crippen LogP contribution in [0.4, 0.5) is 0 Å². The highest BCUT2D eigenvalue weighted by molar-refractivity contribution is 5.23. The summed E-state index contributed by atoms with van der Waals surface area (Å²) in [5.74, 6) is 0. The Morgan fingerprint density at radius 2 is 1.68 bits per heavy atom. The van der Waals surface area contributed by atoms with Gasteiger partial charge in [-0.25, -0.2) is 0 Å². The van der Waals surface area contributed by atoms with Crippen LogP contribution in [0.15, 0.2) is 30.3 Å². The maximum absolute atomic E-state index is 9.21. The zero-order valence-corrected chi connectivity index (χ0v) is 12.9. The Morgan fingerprint density at radius 3 is 2.26 bits per heavy atom. The van der Waals surface area contributed by atoms with Crippen molar-refractivity contribution in [3.05, 3.63) is 35.9 Å². The Bertz CT molecular complexity index is 357. The van der Waals surface area contributed by atoms with Gasteiger partial charge in [0.15, 0.2) is 0 Å². The maximum Gasteiger partial charge on any atom is 0.0482 e. The van der Waals surface area contributed by atoms with Gasteiger partial charge >= 0.3 is 0 Å². The fraction of sp³-hybridized carbons (Fsp3) is 0.647. The third-order valence-corrected chi connectivity index (χ3v) is 3.76. The van der Waals surface area contributed by atoms with E-state index < -0.39 is 0 Å². The molecule has 19 heavy (non-hydrogen) atoms. The Kier molecular flexibility index (Phi) is 6.02. The number of aliphatic hydroxyl groups is 1. The molecule has 1 aromatic carbocycles. The summed E-state index contributed by atoms with van der Waals surface area (Å²) >= 11 is 0. The minimum Gasteiger partial charge on any atom is -0.396 e. The second-order valence-electron chi connectivity index (χ2n) is 6.85. The number of benzene rings is 1. The van der Waals surface area contributed by atoms with Crippen molar-refractivity contribution >= 4 is 0 Å². The molecule has 0 amide bonds. The summed E-state index contributed by atoms with van der Waals surface area (Å²) in [7, 11) is 0. The molecule has 2 N–H and O–H groups in total. The summed E-state index contributed by atoms with van der Waals surface area (Å²) in [5, 5.41) is 12.7. The van der Waals surface area contributed by atoms with Crippen molar-refractivity contribution in [3.8, 4) is 0 Å². The van der Waals surface area contributed by atoms with Crippen LogP contribution in [-0.4, -0.2) is 24.8 Å². The lowest BCUT2D eigenvalue weighted by Gasteiger charge is -2.26. The van der Waals surface area contributed by atoms with Gasteiger partial charge in [0.2, 0.25) is 0 Å². The zero-order valence-electron chi connectivity index (χ0n) is 12.9. The molecule has 1 rings (SSSR count). The Labute approximate surface area is 118 Å². The minimum atomic E-state index is 0.0522. The summed E-state index contributed by atoms with van der Waals surface area (Å²) in [6, 6.07) is 10.6. The van der Waals surface area contributed by atoms with E-state index in [9.17, 15) is 5.11 Å². The Morgan fingerprint density at radius 1 is 1.05 bits per heavy atom. The highest BCUT2D eigenvalue weighted by Crippen LogP contribution is 2.22. The third kappa shape index (κ3) is 5.75. The van der Waals surface area contributed by atoms with Crippen molar-refractivity contribution in [3.63, 3.8) is 0 Å². The lowest BCUT2D eigenvalue weighted by molar-refractivity contribution is 0.147. The normalized spacial score (nSPS) is 12.7. The van der Waals surface area contributed by atoms with E-state index >= 15 is 0 Å². The molecular weight excluding hydrogens is 234 g/mol. The maximum atomic E-state index is 9.21. The number of rotatable bonds is 8. The van der Waals surface area contributed by atoms with Gasteiger partial charge in [-0.15, -0.1) is 0 Å². The summed E-state index contributed by atoms with van der Waals surface area (Å²) in [6.07, 6.45) is 2.17. The predicted octanol–water partition coefficient (Wildman–Crippen LogP) is 3.35. The van der Waals surface area contributed by atoms with E-state index in [0.717, 1.165) is 25.9 Å². The molecule has 0 aliphatic heterocycles. The molecule has 2 nitrogen and oxygen atoms in total. The van der Waals surface area contributed by atoms with Crippen LogP contribution in [0.2, 0.25) is 0 Å². The summed E-state index contributed by atoms with van der Waals surface area (Å²) in [6.45, 7) is 11.0. The Balaban J connectivity index is 2.29. The van der Waals surface area contributed by atoms with Gasteiger partial charge in [-0.2, -0.15) is 0 Å². The van der Waals surface area contributed by atoms with Crippen molar-refractivity contribution < 1.29 is 5.11 Å². The van der Waals surface area contributed by atoms with Crippen molar-refractivity contribution in [2.75, 3.05) is 19.7 Å². The molecule has 0 aliphatic carbocycles. The van der Waals surface area contributed by atoms with Crippen LogP contribution >= 0.6 is 0 Å². The van der Waals surface area contributed by atoms with Gasteiger partial charge in [-0.3, -0.25) is 0 Å². The second-order valence-corrected chi connectivity index (χ2v) is 6.85. The van der Waals surface area contributed by atoms with Crippen LogP contribution in [0.3, 0.4) is 0 Å². The number of aliphatic hydroxyl groups excluding tert-OH is 1. The van der Waals surface area contributed by atoms with Crippen molar-refractivity contribution in [1.29, 1.82) is 0 Å². The van der Waals surface area contributed by atoms with Crippen LogP contribution in [0.5, 0.6) is 0 Å².